The monoisotopic (exact) mass is 507 g/mol. The average molecular weight is 508 g/mol. The van der Waals surface area contributed by atoms with Crippen molar-refractivity contribution in [2.45, 2.75) is 26.4 Å². The highest BCUT2D eigenvalue weighted by molar-refractivity contribution is 8.18. The molecule has 0 radical (unpaired) electrons. The Morgan fingerprint density at radius 3 is 2.53 bits per heavy atom. The highest BCUT2D eigenvalue weighted by Crippen LogP contribution is 2.25. The first kappa shape index (κ1) is 25.6. The summed E-state index contributed by atoms with van der Waals surface area (Å²) in [6.07, 6.45) is 2.27. The minimum atomic E-state index is -0.625. The highest BCUT2D eigenvalue weighted by atomic mass is 35.5. The van der Waals surface area contributed by atoms with Crippen molar-refractivity contribution in [1.82, 2.24) is 10.2 Å². The van der Waals surface area contributed by atoms with Gasteiger partial charge in [-0.3, -0.25) is 10.1 Å². The lowest BCUT2D eigenvalue weighted by atomic mass is 10.2. The Labute approximate surface area is 207 Å². The maximum Gasteiger partial charge on any atom is 0.410 e. The van der Waals surface area contributed by atoms with Gasteiger partial charge in [0.25, 0.3) is 5.91 Å². The van der Waals surface area contributed by atoms with Crippen molar-refractivity contribution in [3.05, 3.63) is 39.8 Å². The van der Waals surface area contributed by atoms with Crippen LogP contribution in [-0.2, 0) is 19.1 Å². The van der Waals surface area contributed by atoms with E-state index in [4.69, 9.17) is 16.3 Å². The quantitative estimate of drug-likeness (QED) is 0.288. The number of amidine groups is 1. The van der Waals surface area contributed by atoms with Crippen molar-refractivity contribution < 1.29 is 23.9 Å². The Morgan fingerprint density at radius 2 is 1.91 bits per heavy atom. The third-order valence-electron chi connectivity index (χ3n) is 4.73. The van der Waals surface area contributed by atoms with Crippen molar-refractivity contribution in [2.24, 2.45) is 10.2 Å². The summed E-state index contributed by atoms with van der Waals surface area (Å²) in [6.45, 7) is 7.99. The third-order valence-corrected chi connectivity index (χ3v) is 5.95. The summed E-state index contributed by atoms with van der Waals surface area (Å²) in [7, 11) is 1.23. The Bertz CT molecular complexity index is 1060. The molecule has 0 atom stereocenters. The number of nitrogens with zero attached hydrogens (tertiary/aromatic N) is 4. The number of hydrogen-bond acceptors (Lipinski definition) is 9. The summed E-state index contributed by atoms with van der Waals surface area (Å²) in [5.74, 6) is -1.07. The highest BCUT2D eigenvalue weighted by Gasteiger charge is 2.26. The number of rotatable bonds is 4. The van der Waals surface area contributed by atoms with Crippen LogP contribution in [0, 0.1) is 0 Å². The molecule has 12 heteroatoms. The topological polar surface area (TPSA) is 113 Å². The molecule has 0 aliphatic carbocycles. The molecule has 0 saturated carbocycles. The van der Waals surface area contributed by atoms with Gasteiger partial charge >= 0.3 is 12.1 Å². The fraction of sp³-hybridized carbons (Fsp3) is 0.409. The van der Waals surface area contributed by atoms with E-state index >= 15 is 0 Å². The molecule has 1 N–H and O–H groups in total. The van der Waals surface area contributed by atoms with Crippen LogP contribution in [0.3, 0.4) is 0 Å². The molecule has 2 fully saturated rings. The zero-order valence-corrected chi connectivity index (χ0v) is 20.9. The van der Waals surface area contributed by atoms with Crippen LogP contribution in [0.2, 0.25) is 5.02 Å². The fourth-order valence-corrected chi connectivity index (χ4v) is 4.04. The van der Waals surface area contributed by atoms with Crippen LogP contribution in [0.1, 0.15) is 26.3 Å². The molecule has 0 spiro atoms. The minimum Gasteiger partial charge on any atom is -0.466 e. The lowest BCUT2D eigenvalue weighted by Gasteiger charge is -2.36. The first-order valence-electron chi connectivity index (χ1n) is 10.5. The Balaban J connectivity index is 1.58. The lowest BCUT2D eigenvalue weighted by molar-refractivity contribution is -0.135. The van der Waals surface area contributed by atoms with Gasteiger partial charge < -0.3 is 19.3 Å². The molecular formula is C22H26ClN5O5S. The summed E-state index contributed by atoms with van der Waals surface area (Å²) >= 11 is 7.42. The van der Waals surface area contributed by atoms with Gasteiger partial charge in [-0.1, -0.05) is 11.6 Å². The van der Waals surface area contributed by atoms with E-state index < -0.39 is 17.5 Å². The Hall–Kier alpha value is -3.05. The van der Waals surface area contributed by atoms with Crippen LogP contribution >= 0.6 is 23.4 Å². The number of methoxy groups -OCH3 is 1. The van der Waals surface area contributed by atoms with Crippen molar-refractivity contribution in [2.75, 3.05) is 38.2 Å². The SMILES string of the molecule is COC(=O)/C=C1/S/C(=N\N=Cc2ccc(N3CCN(C(=O)OC(C)(C)C)CC3)cc2Cl)NC1=O. The largest absolute Gasteiger partial charge is 0.466 e. The molecule has 1 aromatic rings. The van der Waals surface area contributed by atoms with Gasteiger partial charge in [0.15, 0.2) is 5.17 Å². The molecule has 10 nitrogen and oxygen atoms in total. The van der Waals surface area contributed by atoms with Gasteiger partial charge in [-0.05, 0) is 50.7 Å². The average Bonchev–Trinajstić information content (AvgIpc) is 3.12. The summed E-state index contributed by atoms with van der Waals surface area (Å²) in [5.41, 5.74) is 1.07. The second-order valence-electron chi connectivity index (χ2n) is 8.40. The molecule has 0 aromatic heterocycles. The number of carbonyl (C=O) groups excluding carboxylic acids is 3. The molecule has 182 valence electrons. The van der Waals surface area contributed by atoms with Crippen molar-refractivity contribution in [3.63, 3.8) is 0 Å². The predicted molar refractivity (Wildman–Crippen MR) is 132 cm³/mol. The molecule has 1 aromatic carbocycles. The summed E-state index contributed by atoms with van der Waals surface area (Å²) in [6, 6.07) is 5.58. The number of esters is 1. The number of piperazine rings is 1. The van der Waals surface area contributed by atoms with E-state index in [0.717, 1.165) is 23.5 Å². The molecular weight excluding hydrogens is 482 g/mol. The smallest absolute Gasteiger partial charge is 0.410 e. The molecule has 2 aliphatic heterocycles. The van der Waals surface area contributed by atoms with Gasteiger partial charge in [-0.2, -0.15) is 5.10 Å². The van der Waals surface area contributed by atoms with Gasteiger partial charge in [0.2, 0.25) is 0 Å². The molecule has 2 aliphatic rings. The first-order valence-corrected chi connectivity index (χ1v) is 11.7. The normalized spacial score (nSPS) is 19.1. The number of halogens is 1. The van der Waals surface area contributed by atoms with E-state index in [1.54, 1.807) is 4.90 Å². The number of anilines is 1. The van der Waals surface area contributed by atoms with Gasteiger partial charge in [-0.15, -0.1) is 5.10 Å². The molecule has 2 heterocycles. The summed E-state index contributed by atoms with van der Waals surface area (Å²) < 4.78 is 9.95. The number of nitrogens with one attached hydrogen (secondary N) is 1. The second-order valence-corrected chi connectivity index (χ2v) is 9.84. The first-order chi connectivity index (χ1) is 16.1. The maximum absolute atomic E-state index is 12.2. The van der Waals surface area contributed by atoms with Gasteiger partial charge in [0.05, 0.1) is 23.3 Å². The lowest BCUT2D eigenvalue weighted by Crippen LogP contribution is -2.50. The predicted octanol–water partition coefficient (Wildman–Crippen LogP) is 3.01. The van der Waals surface area contributed by atoms with Crippen molar-refractivity contribution in [3.8, 4) is 0 Å². The van der Waals surface area contributed by atoms with Crippen LogP contribution in [0.25, 0.3) is 0 Å². The molecule has 0 bridgehead atoms. The number of carbonyl (C=O) groups is 3. The second kappa shape index (κ2) is 10.9. The van der Waals surface area contributed by atoms with E-state index in [-0.39, 0.29) is 16.2 Å². The third kappa shape index (κ3) is 6.97. The zero-order valence-electron chi connectivity index (χ0n) is 19.3. The van der Waals surface area contributed by atoms with E-state index in [2.05, 4.69) is 25.2 Å². The number of amides is 2. The van der Waals surface area contributed by atoms with Crippen LogP contribution in [0.15, 0.2) is 39.4 Å². The molecule has 2 amide bonds. The molecule has 0 unspecified atom stereocenters. The van der Waals surface area contributed by atoms with E-state index in [0.29, 0.717) is 36.8 Å². The number of benzene rings is 1. The van der Waals surface area contributed by atoms with Crippen molar-refractivity contribution in [1.29, 1.82) is 0 Å². The van der Waals surface area contributed by atoms with Crippen LogP contribution in [0.4, 0.5) is 10.5 Å². The van der Waals surface area contributed by atoms with Crippen LogP contribution in [0.5, 0.6) is 0 Å². The molecule has 3 rings (SSSR count). The fourth-order valence-electron chi connectivity index (χ4n) is 3.08. The van der Waals surface area contributed by atoms with Gasteiger partial charge in [0.1, 0.15) is 5.60 Å². The van der Waals surface area contributed by atoms with Crippen LogP contribution < -0.4 is 10.2 Å². The van der Waals surface area contributed by atoms with E-state index in [1.165, 1.54) is 13.3 Å². The molecule has 2 saturated heterocycles. The van der Waals surface area contributed by atoms with Crippen LogP contribution in [-0.4, -0.2) is 73.1 Å². The Morgan fingerprint density at radius 1 is 1.21 bits per heavy atom. The van der Waals surface area contributed by atoms with E-state index in [9.17, 15) is 14.4 Å². The zero-order chi connectivity index (χ0) is 24.9. The van der Waals surface area contributed by atoms with Crippen molar-refractivity contribution >= 4 is 58.4 Å². The number of ether oxygens (including phenoxy) is 2. The number of thioether (sulfide) groups is 1. The maximum atomic E-state index is 12.2. The summed E-state index contributed by atoms with van der Waals surface area (Å²) in [5, 5.41) is 11.2. The Kier molecular flexibility index (Phi) is 8.21. The van der Waals surface area contributed by atoms with Gasteiger partial charge in [-0.25, -0.2) is 9.59 Å². The van der Waals surface area contributed by atoms with E-state index in [1.807, 2.05) is 39.0 Å². The number of hydrogen-bond donors (Lipinski definition) is 1. The standard InChI is InChI=1S/C22H26ClN5O5S/c1-22(2,3)33-21(31)28-9-7-27(8-10-28)15-6-5-14(16(23)11-15)13-24-26-20-25-19(30)17(34-20)12-18(29)32-4/h5-6,11-13H,7-10H2,1-4H3,(H,25,26,30)/b17-12+,24-13?. The summed E-state index contributed by atoms with van der Waals surface area (Å²) in [4.78, 5) is 39.4. The minimum absolute atomic E-state index is 0.176. The molecule has 34 heavy (non-hydrogen) atoms. The van der Waals surface area contributed by atoms with Gasteiger partial charge in [0, 0.05) is 43.5 Å².